The number of ketones is 1. The van der Waals surface area contributed by atoms with Crippen LogP contribution in [-0.2, 0) is 0 Å². The molecule has 8 bridgehead atoms. The second kappa shape index (κ2) is 14.9. The molecule has 9 rings (SSSR count). The summed E-state index contributed by atoms with van der Waals surface area (Å²) in [5.74, 6) is -3.17. The molecule has 4 N–H and O–H groups in total. The molecule has 0 unspecified atom stereocenters. The molecule has 10 heteroatoms. The summed E-state index contributed by atoms with van der Waals surface area (Å²) in [5, 5.41) is 29.1. The van der Waals surface area contributed by atoms with Gasteiger partial charge in [0.25, 0.3) is 0 Å². The van der Waals surface area contributed by atoms with E-state index in [0.29, 0.717) is 40.5 Å². The molecule has 5 aromatic rings. The first kappa shape index (κ1) is 37.3. The van der Waals surface area contributed by atoms with Gasteiger partial charge in [0, 0.05) is 39.2 Å². The maximum atomic E-state index is 12.3. The number of carboxylic acids is 3. The Balaban J connectivity index is 1.33. The largest absolute Gasteiger partial charge is 0.478 e. The van der Waals surface area contributed by atoms with Gasteiger partial charge in [-0.3, -0.25) is 4.79 Å². The monoisotopic (exact) mass is 787 g/mol. The minimum Gasteiger partial charge on any atom is -0.478 e. The number of nitrogens with one attached hydrogen (secondary N) is 1. The molecular formula is C50H33N3O7. The molecule has 0 spiro atoms. The quantitative estimate of drug-likeness (QED) is 0.114. The lowest BCUT2D eigenvalue weighted by Gasteiger charge is -2.15. The number of carboxylic acid groups (broad SMARTS) is 3. The summed E-state index contributed by atoms with van der Waals surface area (Å²) in [5.41, 5.74) is 13.0. The van der Waals surface area contributed by atoms with Gasteiger partial charge >= 0.3 is 17.9 Å². The van der Waals surface area contributed by atoms with Crippen LogP contribution >= 0.6 is 0 Å². The SMILES string of the molecule is CC(=O)c1ccc(C2=C3C=CC(=N3)C(c3ccc(C(=O)O)cc3)=C3C=CC(=C(c4ccc(C(=O)O)cc4)C4=NC(=C(c5ccc(C(=O)O)cc5)c5ccc2[nH]5)C=C4)C3)cc1. The molecular weight excluding hydrogens is 755 g/mol. The molecule has 10 nitrogen and oxygen atoms in total. The first-order valence-corrected chi connectivity index (χ1v) is 19.0. The van der Waals surface area contributed by atoms with Crippen LogP contribution in [0.4, 0.5) is 0 Å². The maximum absolute atomic E-state index is 12.3. The van der Waals surface area contributed by atoms with Crippen LogP contribution < -0.4 is 0 Å². The zero-order valence-corrected chi connectivity index (χ0v) is 31.9. The predicted octanol–water partition coefficient (Wildman–Crippen LogP) is 9.73. The van der Waals surface area contributed by atoms with Crippen LogP contribution in [0.5, 0.6) is 0 Å². The molecule has 3 aliphatic heterocycles. The Bertz CT molecular complexity index is 2800. The number of H-pyrrole nitrogens is 1. The number of hydrogen-bond donors (Lipinski definition) is 4. The van der Waals surface area contributed by atoms with Gasteiger partial charge in [0.15, 0.2) is 5.78 Å². The summed E-state index contributed by atoms with van der Waals surface area (Å²) in [4.78, 5) is 62.0. The third-order valence-corrected chi connectivity index (χ3v) is 10.9. The average Bonchev–Trinajstić information content (AvgIpc) is 4.10. The minimum atomic E-state index is -1.04. The van der Waals surface area contributed by atoms with Gasteiger partial charge in [0.05, 0.1) is 39.5 Å². The molecule has 4 aliphatic rings. The van der Waals surface area contributed by atoms with Crippen LogP contribution in [0.3, 0.4) is 0 Å². The Morgan fingerprint density at radius 2 is 0.767 bits per heavy atom. The lowest BCUT2D eigenvalue weighted by Crippen LogP contribution is -2.04. The molecule has 0 atom stereocenters. The number of rotatable bonds is 8. The molecule has 4 aromatic carbocycles. The van der Waals surface area contributed by atoms with Crippen LogP contribution in [0.1, 0.15) is 88.4 Å². The van der Waals surface area contributed by atoms with E-state index in [-0.39, 0.29) is 22.5 Å². The number of carbonyl (C=O) groups is 4. The van der Waals surface area contributed by atoms with E-state index in [0.717, 1.165) is 61.4 Å². The fourth-order valence-electron chi connectivity index (χ4n) is 7.92. The molecule has 0 saturated carbocycles. The number of allylic oxidation sites excluding steroid dienone is 10. The zero-order chi connectivity index (χ0) is 41.7. The van der Waals surface area contributed by atoms with Crippen LogP contribution in [0.25, 0.3) is 22.3 Å². The van der Waals surface area contributed by atoms with Crippen molar-refractivity contribution in [1.29, 1.82) is 0 Å². The number of nitrogens with zero attached hydrogens (tertiary/aromatic N) is 2. The van der Waals surface area contributed by atoms with E-state index in [1.54, 1.807) is 84.9 Å². The van der Waals surface area contributed by atoms with Crippen molar-refractivity contribution in [3.63, 3.8) is 0 Å². The molecule has 0 saturated heterocycles. The number of aromatic carboxylic acids is 3. The molecule has 1 aromatic heterocycles. The van der Waals surface area contributed by atoms with Crippen molar-refractivity contribution >= 4 is 57.4 Å². The van der Waals surface area contributed by atoms with Crippen molar-refractivity contribution in [2.24, 2.45) is 9.98 Å². The molecule has 0 radical (unpaired) electrons. The Morgan fingerprint density at radius 1 is 0.433 bits per heavy atom. The number of aliphatic imine (C=N–C) groups is 2. The predicted molar refractivity (Wildman–Crippen MR) is 230 cm³/mol. The summed E-state index contributed by atoms with van der Waals surface area (Å²) in [7, 11) is 0. The van der Waals surface area contributed by atoms with Crippen molar-refractivity contribution in [1.82, 2.24) is 4.98 Å². The van der Waals surface area contributed by atoms with Crippen molar-refractivity contribution in [2.75, 3.05) is 0 Å². The van der Waals surface area contributed by atoms with Crippen LogP contribution in [0, 0.1) is 0 Å². The number of benzene rings is 4. The first-order valence-electron chi connectivity index (χ1n) is 19.0. The van der Waals surface area contributed by atoms with Gasteiger partial charge in [-0.1, -0.05) is 72.8 Å². The lowest BCUT2D eigenvalue weighted by molar-refractivity contribution is 0.0686. The van der Waals surface area contributed by atoms with Crippen molar-refractivity contribution in [2.45, 2.75) is 13.3 Å². The third-order valence-electron chi connectivity index (χ3n) is 10.9. The van der Waals surface area contributed by atoms with Crippen molar-refractivity contribution in [3.8, 4) is 0 Å². The Kier molecular flexibility index (Phi) is 9.29. The van der Waals surface area contributed by atoms with E-state index >= 15 is 0 Å². The van der Waals surface area contributed by atoms with E-state index in [4.69, 9.17) is 9.98 Å². The zero-order valence-electron chi connectivity index (χ0n) is 31.9. The molecule has 0 amide bonds. The maximum Gasteiger partial charge on any atom is 0.335 e. The van der Waals surface area contributed by atoms with Crippen LogP contribution in [-0.4, -0.2) is 55.4 Å². The highest BCUT2D eigenvalue weighted by Crippen LogP contribution is 2.41. The van der Waals surface area contributed by atoms with Gasteiger partial charge < -0.3 is 20.3 Å². The highest BCUT2D eigenvalue weighted by atomic mass is 16.4. The molecule has 60 heavy (non-hydrogen) atoms. The van der Waals surface area contributed by atoms with Gasteiger partial charge in [-0.25, -0.2) is 24.4 Å². The van der Waals surface area contributed by atoms with Crippen LogP contribution in [0.15, 0.2) is 178 Å². The normalized spacial score (nSPS) is 15.6. The average molecular weight is 788 g/mol. The smallest absolute Gasteiger partial charge is 0.335 e. The number of carbonyl (C=O) groups excluding carboxylic acids is 1. The van der Waals surface area contributed by atoms with Gasteiger partial charge in [-0.2, -0.15) is 0 Å². The van der Waals surface area contributed by atoms with Crippen molar-refractivity contribution < 1.29 is 34.5 Å². The van der Waals surface area contributed by atoms with Gasteiger partial charge in [0.2, 0.25) is 0 Å². The molecule has 1 aliphatic carbocycles. The summed E-state index contributed by atoms with van der Waals surface area (Å²) < 4.78 is 0. The first-order chi connectivity index (χ1) is 29.0. The summed E-state index contributed by atoms with van der Waals surface area (Å²) in [6.45, 7) is 1.52. The second-order valence-corrected chi connectivity index (χ2v) is 14.6. The fraction of sp³-hybridized carbons (Fsp3) is 0.0400. The Labute approximate surface area is 343 Å². The Morgan fingerprint density at radius 3 is 1.10 bits per heavy atom. The third kappa shape index (κ3) is 6.81. The van der Waals surface area contributed by atoms with E-state index in [1.165, 1.54) is 6.92 Å². The van der Waals surface area contributed by atoms with E-state index in [2.05, 4.69) is 4.98 Å². The highest BCUT2D eigenvalue weighted by molar-refractivity contribution is 6.34. The van der Waals surface area contributed by atoms with Gasteiger partial charge in [-0.05, 0) is 120 Å². The van der Waals surface area contributed by atoms with E-state index in [1.807, 2.05) is 60.7 Å². The number of hydrogen-bond acceptors (Lipinski definition) is 6. The van der Waals surface area contributed by atoms with Crippen LogP contribution in [0.2, 0.25) is 0 Å². The minimum absolute atomic E-state index is 0.0567. The highest BCUT2D eigenvalue weighted by Gasteiger charge is 2.27. The lowest BCUT2D eigenvalue weighted by atomic mass is 9.91. The van der Waals surface area contributed by atoms with Gasteiger partial charge in [0.1, 0.15) is 0 Å². The van der Waals surface area contributed by atoms with E-state index in [9.17, 15) is 34.5 Å². The summed E-state index contributed by atoms with van der Waals surface area (Å²) in [6, 6.07) is 31.3. The van der Waals surface area contributed by atoms with Crippen molar-refractivity contribution in [3.05, 3.63) is 224 Å². The molecule has 290 valence electrons. The fourth-order valence-corrected chi connectivity index (χ4v) is 7.92. The Hall–Kier alpha value is -8.24. The standard InChI is InChI=1S/C50H33N3O7/c1-27(54)28-2-4-31(5-3-28)46-40-22-20-38(51-40)44(29-6-12-33(13-7-29)48(55)56)36-18-19-37(26-36)45(30-8-14-34(15-9-30)49(57)58)39-21-23-41(52-39)47(43-25-24-42(46)53-43)32-10-16-35(17-11-32)50(59)60/h2-25,53H,26H2,1H3,(H,55,56)(H,57,58)(H,59,60). The molecule has 0 fully saturated rings. The molecule has 4 heterocycles. The number of Topliss-reactive ketones (excluding diaryl/α,β-unsaturated/α-hetero) is 1. The van der Waals surface area contributed by atoms with Gasteiger partial charge in [-0.15, -0.1) is 0 Å². The topological polar surface area (TPSA) is 169 Å². The second-order valence-electron chi connectivity index (χ2n) is 14.6. The number of fused-ring (bicyclic) bond motifs is 6. The number of aromatic nitrogens is 1. The summed E-state index contributed by atoms with van der Waals surface area (Å²) >= 11 is 0. The number of aromatic amines is 1. The summed E-state index contributed by atoms with van der Waals surface area (Å²) in [6.07, 6.45) is 12.2. The van der Waals surface area contributed by atoms with E-state index < -0.39 is 17.9 Å².